The van der Waals surface area contributed by atoms with Gasteiger partial charge in [-0.15, -0.1) is 0 Å². The fourth-order valence-corrected chi connectivity index (χ4v) is 1.28. The molecule has 1 aromatic carbocycles. The summed E-state index contributed by atoms with van der Waals surface area (Å²) in [6.45, 7) is 2.79. The molecule has 76 valence electrons. The van der Waals surface area contributed by atoms with Gasteiger partial charge in [-0.25, -0.2) is 4.39 Å². The van der Waals surface area contributed by atoms with E-state index in [1.807, 2.05) is 6.92 Å². The minimum Gasteiger partial charge on any atom is -0.386 e. The summed E-state index contributed by atoms with van der Waals surface area (Å²) in [6, 6.07) is 6.49. The second kappa shape index (κ2) is 4.60. The molecule has 0 heterocycles. The zero-order valence-electron chi connectivity index (χ0n) is 8.13. The highest BCUT2D eigenvalue weighted by Crippen LogP contribution is 2.17. The molecule has 1 rings (SSSR count). The molecule has 3 nitrogen and oxygen atoms in total. The van der Waals surface area contributed by atoms with E-state index >= 15 is 0 Å². The van der Waals surface area contributed by atoms with E-state index in [-0.39, 0.29) is 18.2 Å². The van der Waals surface area contributed by atoms with Crippen LogP contribution in [0.25, 0.3) is 0 Å². The zero-order valence-corrected chi connectivity index (χ0v) is 8.13. The Balaban J connectivity index is 2.89. The lowest BCUT2D eigenvalue weighted by Crippen LogP contribution is -2.33. The van der Waals surface area contributed by atoms with E-state index in [4.69, 9.17) is 11.1 Å². The maximum atomic E-state index is 13.3. The van der Waals surface area contributed by atoms with Crippen molar-refractivity contribution in [2.24, 2.45) is 5.73 Å². The monoisotopic (exact) mass is 195 g/mol. The van der Waals surface area contributed by atoms with Gasteiger partial charge in [0.05, 0.1) is 12.2 Å². The highest BCUT2D eigenvalue weighted by molar-refractivity contribution is 5.82. The van der Waals surface area contributed by atoms with Crippen LogP contribution in [0.4, 0.5) is 10.1 Å². The number of nitrogens with zero attached hydrogens (tertiary/aromatic N) is 1. The predicted octanol–water partition coefficient (Wildman–Crippen LogP) is 1.59. The van der Waals surface area contributed by atoms with Crippen LogP contribution in [0.2, 0.25) is 0 Å². The first-order valence-corrected chi connectivity index (χ1v) is 4.47. The number of hydrogen-bond donors (Lipinski definition) is 2. The molecule has 0 unspecified atom stereocenters. The number of benzene rings is 1. The quantitative estimate of drug-likeness (QED) is 0.566. The first kappa shape index (κ1) is 10.5. The van der Waals surface area contributed by atoms with Crippen molar-refractivity contribution in [3.63, 3.8) is 0 Å². The summed E-state index contributed by atoms with van der Waals surface area (Å²) in [6.07, 6.45) is 0. The van der Waals surface area contributed by atoms with Gasteiger partial charge in [0, 0.05) is 6.54 Å². The Morgan fingerprint density at radius 1 is 1.50 bits per heavy atom. The normalized spacial score (nSPS) is 9.86. The minimum absolute atomic E-state index is 0.0371. The van der Waals surface area contributed by atoms with Crippen LogP contribution in [0.1, 0.15) is 6.92 Å². The number of nitrogens with one attached hydrogen (secondary N) is 1. The number of para-hydroxylation sites is 1. The minimum atomic E-state index is -0.282. The van der Waals surface area contributed by atoms with Crippen LogP contribution in [0, 0.1) is 11.2 Å². The molecular formula is C10H14FN3. The molecule has 0 aromatic heterocycles. The average Bonchev–Trinajstić information content (AvgIpc) is 2.15. The second-order valence-electron chi connectivity index (χ2n) is 2.99. The highest BCUT2D eigenvalue weighted by atomic mass is 19.1. The highest BCUT2D eigenvalue weighted by Gasteiger charge is 2.09. The van der Waals surface area contributed by atoms with Gasteiger partial charge in [0.1, 0.15) is 11.7 Å². The van der Waals surface area contributed by atoms with Gasteiger partial charge in [-0.1, -0.05) is 12.1 Å². The first-order valence-electron chi connectivity index (χ1n) is 4.47. The zero-order chi connectivity index (χ0) is 10.6. The first-order chi connectivity index (χ1) is 6.65. The molecule has 0 spiro atoms. The molecule has 0 aliphatic heterocycles. The molecule has 0 radical (unpaired) electrons. The molecule has 0 fully saturated rings. The molecule has 0 atom stereocenters. The molecule has 0 amide bonds. The molecule has 1 aromatic rings. The molecule has 0 bridgehead atoms. The van der Waals surface area contributed by atoms with E-state index in [2.05, 4.69) is 0 Å². The number of anilines is 1. The summed E-state index contributed by atoms with van der Waals surface area (Å²) in [5, 5.41) is 7.16. The van der Waals surface area contributed by atoms with Gasteiger partial charge in [-0.2, -0.15) is 0 Å². The second-order valence-corrected chi connectivity index (χ2v) is 2.99. The average molecular weight is 195 g/mol. The van der Waals surface area contributed by atoms with Crippen LogP contribution in [0.5, 0.6) is 0 Å². The Morgan fingerprint density at radius 2 is 2.14 bits per heavy atom. The molecule has 0 saturated carbocycles. The topological polar surface area (TPSA) is 53.1 Å². The van der Waals surface area contributed by atoms with Crippen LogP contribution >= 0.6 is 0 Å². The number of likely N-dealkylation sites (N-methyl/N-ethyl adjacent to an activating group) is 1. The van der Waals surface area contributed by atoms with Crippen LogP contribution in [-0.4, -0.2) is 18.9 Å². The lowest BCUT2D eigenvalue weighted by Gasteiger charge is -2.22. The number of amidine groups is 1. The van der Waals surface area contributed by atoms with Gasteiger partial charge in [-0.3, -0.25) is 5.41 Å². The Bertz CT molecular complexity index is 325. The summed E-state index contributed by atoms with van der Waals surface area (Å²) in [4.78, 5) is 1.72. The lowest BCUT2D eigenvalue weighted by molar-refractivity contribution is 0.622. The molecular weight excluding hydrogens is 181 g/mol. The molecule has 4 heteroatoms. The van der Waals surface area contributed by atoms with Crippen molar-refractivity contribution >= 4 is 11.5 Å². The lowest BCUT2D eigenvalue weighted by atomic mass is 10.2. The Morgan fingerprint density at radius 3 is 2.64 bits per heavy atom. The van der Waals surface area contributed by atoms with Crippen molar-refractivity contribution in [3.05, 3.63) is 30.1 Å². The number of rotatable bonds is 4. The fraction of sp³-hybridized carbons (Fsp3) is 0.300. The van der Waals surface area contributed by atoms with Gasteiger partial charge in [0.15, 0.2) is 0 Å². The number of nitrogens with two attached hydrogens (primary N) is 1. The van der Waals surface area contributed by atoms with Crippen LogP contribution in [0.15, 0.2) is 24.3 Å². The number of halogens is 1. The molecule has 14 heavy (non-hydrogen) atoms. The Hall–Kier alpha value is -1.58. The molecule has 0 aliphatic carbocycles. The van der Waals surface area contributed by atoms with Gasteiger partial charge in [0.2, 0.25) is 0 Å². The Labute approximate surface area is 82.8 Å². The molecule has 3 N–H and O–H groups in total. The third-order valence-corrected chi connectivity index (χ3v) is 1.94. The summed E-state index contributed by atoms with van der Waals surface area (Å²) < 4.78 is 13.3. The largest absolute Gasteiger partial charge is 0.386 e. The van der Waals surface area contributed by atoms with E-state index in [1.165, 1.54) is 6.07 Å². The van der Waals surface area contributed by atoms with E-state index in [0.717, 1.165) is 0 Å². The SMILES string of the molecule is CCN(CC(=N)N)c1ccccc1F. The van der Waals surface area contributed by atoms with Crippen molar-refractivity contribution in [1.29, 1.82) is 5.41 Å². The molecule has 0 saturated heterocycles. The van der Waals surface area contributed by atoms with Crippen molar-refractivity contribution < 1.29 is 4.39 Å². The summed E-state index contributed by atoms with van der Waals surface area (Å²) >= 11 is 0. The van der Waals surface area contributed by atoms with Gasteiger partial charge < -0.3 is 10.6 Å². The van der Waals surface area contributed by atoms with E-state index < -0.39 is 0 Å². The van der Waals surface area contributed by atoms with Crippen LogP contribution < -0.4 is 10.6 Å². The fourth-order valence-electron chi connectivity index (χ4n) is 1.28. The standard InChI is InChI=1S/C10H14FN3/c1-2-14(7-10(12)13)9-6-4-3-5-8(9)11/h3-6H,2,7H2,1H3,(H3,12,13). The predicted molar refractivity (Wildman–Crippen MR) is 56.2 cm³/mol. The maximum Gasteiger partial charge on any atom is 0.146 e. The maximum absolute atomic E-state index is 13.3. The number of hydrogen-bond acceptors (Lipinski definition) is 2. The van der Waals surface area contributed by atoms with Crippen LogP contribution in [-0.2, 0) is 0 Å². The Kier molecular flexibility index (Phi) is 3.45. The van der Waals surface area contributed by atoms with Crippen molar-refractivity contribution in [2.45, 2.75) is 6.92 Å². The van der Waals surface area contributed by atoms with Gasteiger partial charge >= 0.3 is 0 Å². The van der Waals surface area contributed by atoms with Crippen molar-refractivity contribution in [3.8, 4) is 0 Å². The van der Waals surface area contributed by atoms with E-state index in [1.54, 1.807) is 23.1 Å². The van der Waals surface area contributed by atoms with E-state index in [0.29, 0.717) is 12.2 Å². The molecule has 0 aliphatic rings. The van der Waals surface area contributed by atoms with Gasteiger partial charge in [0.25, 0.3) is 0 Å². The van der Waals surface area contributed by atoms with Crippen LogP contribution in [0.3, 0.4) is 0 Å². The third-order valence-electron chi connectivity index (χ3n) is 1.94. The summed E-state index contributed by atoms with van der Waals surface area (Å²) in [5.41, 5.74) is 5.77. The third kappa shape index (κ3) is 2.45. The summed E-state index contributed by atoms with van der Waals surface area (Å²) in [7, 11) is 0. The smallest absolute Gasteiger partial charge is 0.146 e. The van der Waals surface area contributed by atoms with Crippen molar-refractivity contribution in [2.75, 3.05) is 18.0 Å². The summed E-state index contributed by atoms with van der Waals surface area (Å²) in [5.74, 6) is -0.245. The van der Waals surface area contributed by atoms with E-state index in [9.17, 15) is 4.39 Å². The van der Waals surface area contributed by atoms with Crippen molar-refractivity contribution in [1.82, 2.24) is 0 Å². The van der Waals surface area contributed by atoms with Gasteiger partial charge in [-0.05, 0) is 19.1 Å².